The molecule has 0 aliphatic heterocycles. The molecule has 1 atom stereocenters. The molecule has 0 aliphatic rings. The van der Waals surface area contributed by atoms with E-state index in [0.29, 0.717) is 0 Å². The van der Waals surface area contributed by atoms with Crippen molar-refractivity contribution in [1.82, 2.24) is 9.78 Å². The van der Waals surface area contributed by atoms with E-state index in [4.69, 9.17) is 0 Å². The number of nitrogens with zero attached hydrogens (tertiary/aromatic N) is 3. The molecule has 1 unspecified atom stereocenters. The number of aliphatic carboxylic acids is 1. The Hall–Kier alpha value is -2.70. The van der Waals surface area contributed by atoms with Gasteiger partial charge in [-0.25, -0.2) is 0 Å². The molecule has 0 saturated heterocycles. The minimum absolute atomic E-state index is 0.0196. The monoisotopic (exact) mass is 275 g/mol. The fraction of sp³-hybridized carbons (Fsp3) is 0.231. The molecule has 2 aromatic rings. The van der Waals surface area contributed by atoms with Crippen LogP contribution in [-0.4, -0.2) is 25.8 Å². The zero-order chi connectivity index (χ0) is 14.7. The van der Waals surface area contributed by atoms with Gasteiger partial charge in [-0.15, -0.1) is 0 Å². The van der Waals surface area contributed by atoms with Crippen LogP contribution >= 0.6 is 0 Å². The molecule has 20 heavy (non-hydrogen) atoms. The molecule has 1 aromatic carbocycles. The molecule has 0 radical (unpaired) electrons. The molecule has 0 amide bonds. The van der Waals surface area contributed by atoms with E-state index in [9.17, 15) is 20.0 Å². The van der Waals surface area contributed by atoms with Crippen molar-refractivity contribution in [3.05, 3.63) is 57.9 Å². The lowest BCUT2D eigenvalue weighted by molar-refractivity contribution is -0.385. The van der Waals surface area contributed by atoms with Gasteiger partial charge in [-0.3, -0.25) is 19.6 Å². The number of hydrogen-bond donors (Lipinski definition) is 1. The summed E-state index contributed by atoms with van der Waals surface area (Å²) in [6, 6.07) is 8.97. The topological polar surface area (TPSA) is 98.3 Å². The Balaban J connectivity index is 2.39. The first-order valence-corrected chi connectivity index (χ1v) is 5.93. The van der Waals surface area contributed by atoms with Crippen LogP contribution in [0.4, 0.5) is 5.69 Å². The van der Waals surface area contributed by atoms with Crippen LogP contribution in [0, 0.1) is 10.1 Å². The molecule has 1 N–H and O–H groups in total. The van der Waals surface area contributed by atoms with Gasteiger partial charge in [0.25, 0.3) is 0 Å². The molecule has 0 bridgehead atoms. The van der Waals surface area contributed by atoms with E-state index in [0.717, 1.165) is 5.56 Å². The van der Waals surface area contributed by atoms with Crippen molar-refractivity contribution in [3.8, 4) is 0 Å². The Labute approximate surface area is 114 Å². The smallest absolute Gasteiger partial charge is 0.313 e. The molecular formula is C13H13N3O4. The summed E-state index contributed by atoms with van der Waals surface area (Å²) in [5.74, 6) is -2.17. The summed E-state index contributed by atoms with van der Waals surface area (Å²) >= 11 is 0. The lowest BCUT2D eigenvalue weighted by Crippen LogP contribution is -2.16. The zero-order valence-electron chi connectivity index (χ0n) is 10.8. The number of aromatic nitrogens is 2. The zero-order valence-corrected chi connectivity index (χ0v) is 10.8. The van der Waals surface area contributed by atoms with Gasteiger partial charge in [0.15, 0.2) is 5.69 Å². The number of aryl methyl sites for hydroxylation is 1. The second kappa shape index (κ2) is 5.52. The third kappa shape index (κ3) is 2.82. The van der Waals surface area contributed by atoms with Gasteiger partial charge in [-0.05, 0) is 12.0 Å². The second-order valence-electron chi connectivity index (χ2n) is 4.41. The van der Waals surface area contributed by atoms with Gasteiger partial charge in [0.1, 0.15) is 12.1 Å². The van der Waals surface area contributed by atoms with Gasteiger partial charge in [-0.1, -0.05) is 30.3 Å². The highest BCUT2D eigenvalue weighted by Crippen LogP contribution is 2.28. The fourth-order valence-corrected chi connectivity index (χ4v) is 2.03. The van der Waals surface area contributed by atoms with Crippen LogP contribution in [0.15, 0.2) is 36.5 Å². The predicted molar refractivity (Wildman–Crippen MR) is 70.4 cm³/mol. The Kier molecular flexibility index (Phi) is 3.79. The van der Waals surface area contributed by atoms with Gasteiger partial charge >= 0.3 is 11.7 Å². The van der Waals surface area contributed by atoms with Crippen molar-refractivity contribution in [3.63, 3.8) is 0 Å². The van der Waals surface area contributed by atoms with Crippen molar-refractivity contribution in [2.45, 2.75) is 12.3 Å². The van der Waals surface area contributed by atoms with Crippen LogP contribution in [-0.2, 0) is 18.3 Å². The van der Waals surface area contributed by atoms with Crippen LogP contribution < -0.4 is 0 Å². The molecule has 0 aliphatic carbocycles. The van der Waals surface area contributed by atoms with Crippen LogP contribution in [0.3, 0.4) is 0 Å². The van der Waals surface area contributed by atoms with Crippen molar-refractivity contribution in [1.29, 1.82) is 0 Å². The van der Waals surface area contributed by atoms with Crippen LogP contribution in [0.2, 0.25) is 0 Å². The number of carboxylic acids is 1. The molecule has 1 heterocycles. The number of hydrogen-bond acceptors (Lipinski definition) is 4. The minimum Gasteiger partial charge on any atom is -0.481 e. The number of nitro groups is 1. The average Bonchev–Trinajstić information content (AvgIpc) is 2.79. The summed E-state index contributed by atoms with van der Waals surface area (Å²) in [7, 11) is 1.53. The van der Waals surface area contributed by atoms with Gasteiger partial charge in [0, 0.05) is 7.05 Å². The van der Waals surface area contributed by atoms with Crippen LogP contribution in [0.25, 0.3) is 0 Å². The maximum atomic E-state index is 11.4. The molecule has 1 aromatic heterocycles. The lowest BCUT2D eigenvalue weighted by Gasteiger charge is -2.09. The first kappa shape index (κ1) is 13.7. The second-order valence-corrected chi connectivity index (χ2v) is 4.41. The van der Waals surface area contributed by atoms with Crippen molar-refractivity contribution >= 4 is 11.7 Å². The largest absolute Gasteiger partial charge is 0.481 e. The molecule has 0 saturated carbocycles. The first-order chi connectivity index (χ1) is 9.49. The summed E-state index contributed by atoms with van der Waals surface area (Å²) in [6.07, 6.45) is 1.38. The fourth-order valence-electron chi connectivity index (χ4n) is 2.03. The van der Waals surface area contributed by atoms with E-state index in [1.807, 2.05) is 6.07 Å². The van der Waals surface area contributed by atoms with E-state index in [1.165, 1.54) is 17.9 Å². The molecule has 0 fully saturated rings. The molecular weight excluding hydrogens is 262 g/mol. The Morgan fingerprint density at radius 2 is 2.10 bits per heavy atom. The Morgan fingerprint density at radius 1 is 1.45 bits per heavy atom. The third-order valence-electron chi connectivity index (χ3n) is 2.94. The molecule has 104 valence electrons. The normalized spacial score (nSPS) is 12.1. The molecule has 2 rings (SSSR count). The van der Waals surface area contributed by atoms with Crippen molar-refractivity contribution in [2.75, 3.05) is 0 Å². The van der Waals surface area contributed by atoms with E-state index in [-0.39, 0.29) is 17.8 Å². The van der Waals surface area contributed by atoms with E-state index in [2.05, 4.69) is 5.10 Å². The third-order valence-corrected chi connectivity index (χ3v) is 2.94. The van der Waals surface area contributed by atoms with E-state index in [1.54, 1.807) is 24.3 Å². The van der Waals surface area contributed by atoms with Crippen LogP contribution in [0.1, 0.15) is 17.2 Å². The summed E-state index contributed by atoms with van der Waals surface area (Å²) in [6.45, 7) is 0. The highest BCUT2D eigenvalue weighted by atomic mass is 16.6. The quantitative estimate of drug-likeness (QED) is 0.662. The summed E-state index contributed by atoms with van der Waals surface area (Å²) in [4.78, 5) is 21.8. The number of carboxylic acid groups (broad SMARTS) is 1. The van der Waals surface area contributed by atoms with Gasteiger partial charge in [0.05, 0.1) is 4.92 Å². The molecule has 7 heteroatoms. The summed E-state index contributed by atoms with van der Waals surface area (Å²) in [5.41, 5.74) is 0.504. The Morgan fingerprint density at radius 3 is 2.65 bits per heavy atom. The molecule has 0 spiro atoms. The number of rotatable bonds is 5. The van der Waals surface area contributed by atoms with Gasteiger partial charge < -0.3 is 5.11 Å². The van der Waals surface area contributed by atoms with Crippen molar-refractivity contribution < 1.29 is 14.8 Å². The lowest BCUT2D eigenvalue weighted by atomic mass is 9.95. The Bertz CT molecular complexity index is 636. The molecule has 7 nitrogen and oxygen atoms in total. The van der Waals surface area contributed by atoms with Crippen molar-refractivity contribution in [2.24, 2.45) is 7.05 Å². The predicted octanol–water partition coefficient (Wildman–Crippen LogP) is 1.74. The van der Waals surface area contributed by atoms with Gasteiger partial charge in [-0.2, -0.15) is 5.10 Å². The average molecular weight is 275 g/mol. The number of benzene rings is 1. The standard InChI is InChI=1S/C13H13N3O4/c1-15-8-11(16(19)20)12(14-15)10(13(17)18)7-9-5-3-2-4-6-9/h2-6,8,10H,7H2,1H3,(H,17,18). The maximum absolute atomic E-state index is 11.4. The van der Waals surface area contributed by atoms with E-state index >= 15 is 0 Å². The summed E-state index contributed by atoms with van der Waals surface area (Å²) < 4.78 is 1.26. The number of carbonyl (C=O) groups is 1. The first-order valence-electron chi connectivity index (χ1n) is 5.93. The highest BCUT2D eigenvalue weighted by molar-refractivity contribution is 5.77. The minimum atomic E-state index is -1.13. The highest BCUT2D eigenvalue weighted by Gasteiger charge is 2.31. The van der Waals surface area contributed by atoms with Gasteiger partial charge in [0.2, 0.25) is 0 Å². The maximum Gasteiger partial charge on any atom is 0.313 e. The van der Waals surface area contributed by atoms with E-state index < -0.39 is 16.8 Å². The SMILES string of the molecule is Cn1cc([N+](=O)[O-])c(C(Cc2ccccc2)C(=O)O)n1. The van der Waals surface area contributed by atoms with Crippen LogP contribution in [0.5, 0.6) is 0 Å². The summed E-state index contributed by atoms with van der Waals surface area (Å²) in [5, 5.41) is 24.2.